The molecule has 0 radical (unpaired) electrons. The number of hydrogen-bond acceptors (Lipinski definition) is 5. The summed E-state index contributed by atoms with van der Waals surface area (Å²) in [7, 11) is 0. The summed E-state index contributed by atoms with van der Waals surface area (Å²) in [6.45, 7) is 4.52. The highest BCUT2D eigenvalue weighted by molar-refractivity contribution is 7.10. The molecule has 2 atom stereocenters. The van der Waals surface area contributed by atoms with Crippen LogP contribution in [-0.4, -0.2) is 66.2 Å². The van der Waals surface area contributed by atoms with Crippen LogP contribution in [0.1, 0.15) is 17.3 Å². The molecule has 3 rings (SSSR count). The molecule has 2 saturated heterocycles. The Morgan fingerprint density at radius 1 is 1.36 bits per heavy atom. The van der Waals surface area contributed by atoms with Crippen LogP contribution in [0.25, 0.3) is 0 Å². The van der Waals surface area contributed by atoms with Crippen LogP contribution in [0.15, 0.2) is 17.5 Å². The molecule has 120 valence electrons. The maximum atomic E-state index is 12.3. The Bertz CT molecular complexity index is 528. The van der Waals surface area contributed by atoms with E-state index in [-0.39, 0.29) is 18.4 Å². The molecule has 0 bridgehead atoms. The van der Waals surface area contributed by atoms with Crippen LogP contribution in [-0.2, 0) is 14.3 Å². The first-order chi connectivity index (χ1) is 10.7. The number of carbonyl (C=O) groups is 2. The van der Waals surface area contributed by atoms with Crippen LogP contribution in [0.2, 0.25) is 0 Å². The molecule has 1 amide bonds. The predicted molar refractivity (Wildman–Crippen MR) is 81.8 cm³/mol. The van der Waals surface area contributed by atoms with Crippen LogP contribution in [0.5, 0.6) is 0 Å². The molecule has 2 aliphatic heterocycles. The highest BCUT2D eigenvalue weighted by atomic mass is 32.1. The zero-order valence-corrected chi connectivity index (χ0v) is 13.1. The number of carboxylic acids is 1. The number of rotatable bonds is 5. The fourth-order valence-electron chi connectivity index (χ4n) is 3.16. The Morgan fingerprint density at radius 3 is 2.77 bits per heavy atom. The molecule has 2 fully saturated rings. The second-order valence-corrected chi connectivity index (χ2v) is 6.63. The third-order valence-electron chi connectivity index (χ3n) is 4.34. The largest absolute Gasteiger partial charge is 0.481 e. The molecule has 22 heavy (non-hydrogen) atoms. The van der Waals surface area contributed by atoms with Crippen molar-refractivity contribution in [2.45, 2.75) is 12.5 Å². The zero-order chi connectivity index (χ0) is 15.5. The number of thiophene rings is 1. The summed E-state index contributed by atoms with van der Waals surface area (Å²) in [5, 5.41) is 11.4. The number of aliphatic carboxylic acids is 1. The Morgan fingerprint density at radius 2 is 2.14 bits per heavy atom. The van der Waals surface area contributed by atoms with Gasteiger partial charge in [-0.25, -0.2) is 0 Å². The summed E-state index contributed by atoms with van der Waals surface area (Å²) < 4.78 is 5.32. The van der Waals surface area contributed by atoms with Gasteiger partial charge in [-0.15, -0.1) is 11.3 Å². The first-order valence-electron chi connectivity index (χ1n) is 7.52. The molecule has 1 aromatic rings. The van der Waals surface area contributed by atoms with Crippen molar-refractivity contribution in [2.24, 2.45) is 5.92 Å². The molecule has 3 heterocycles. The third kappa shape index (κ3) is 3.16. The number of carbonyl (C=O) groups excluding carboxylic acids is 1. The number of hydrogen-bond donors (Lipinski definition) is 1. The Labute approximate surface area is 133 Å². The molecule has 0 unspecified atom stereocenters. The van der Waals surface area contributed by atoms with E-state index in [9.17, 15) is 14.7 Å². The van der Waals surface area contributed by atoms with Crippen LogP contribution in [0.3, 0.4) is 0 Å². The van der Waals surface area contributed by atoms with E-state index in [0.29, 0.717) is 6.54 Å². The van der Waals surface area contributed by atoms with E-state index >= 15 is 0 Å². The molecule has 1 aromatic heterocycles. The lowest BCUT2D eigenvalue weighted by atomic mass is 9.99. The van der Waals surface area contributed by atoms with Gasteiger partial charge in [-0.05, 0) is 11.4 Å². The number of likely N-dealkylation sites (tertiary alicyclic amines) is 1. The van der Waals surface area contributed by atoms with Crippen molar-refractivity contribution in [1.82, 2.24) is 9.80 Å². The average molecular weight is 324 g/mol. The van der Waals surface area contributed by atoms with Gasteiger partial charge < -0.3 is 14.7 Å². The van der Waals surface area contributed by atoms with E-state index in [1.165, 1.54) is 11.3 Å². The smallest absolute Gasteiger partial charge is 0.309 e. The van der Waals surface area contributed by atoms with Gasteiger partial charge in [0.2, 0.25) is 5.91 Å². The number of carboxylic acid groups (broad SMARTS) is 1. The van der Waals surface area contributed by atoms with Gasteiger partial charge in [0, 0.05) is 37.5 Å². The van der Waals surface area contributed by atoms with Crippen molar-refractivity contribution in [3.8, 4) is 0 Å². The van der Waals surface area contributed by atoms with Gasteiger partial charge >= 0.3 is 5.97 Å². The van der Waals surface area contributed by atoms with Gasteiger partial charge in [-0.2, -0.15) is 0 Å². The monoisotopic (exact) mass is 324 g/mol. The van der Waals surface area contributed by atoms with E-state index in [1.54, 1.807) is 4.90 Å². The molecular formula is C15H20N2O4S. The fourth-order valence-corrected chi connectivity index (χ4v) is 4.06. The zero-order valence-electron chi connectivity index (χ0n) is 12.3. The van der Waals surface area contributed by atoms with Crippen molar-refractivity contribution < 1.29 is 19.4 Å². The molecule has 7 heteroatoms. The number of amides is 1. The van der Waals surface area contributed by atoms with Crippen LogP contribution in [0.4, 0.5) is 0 Å². The SMILES string of the molecule is O=C(O)[C@@H]1CC(=O)N(CCN2CCOCC2)[C@@H]1c1cccs1. The van der Waals surface area contributed by atoms with Gasteiger partial charge in [0.25, 0.3) is 0 Å². The third-order valence-corrected chi connectivity index (χ3v) is 5.29. The maximum Gasteiger partial charge on any atom is 0.309 e. The average Bonchev–Trinajstić information content (AvgIpc) is 3.13. The lowest BCUT2D eigenvalue weighted by Crippen LogP contribution is -2.42. The minimum absolute atomic E-state index is 0.0564. The van der Waals surface area contributed by atoms with Crippen LogP contribution in [0, 0.1) is 5.92 Å². The maximum absolute atomic E-state index is 12.3. The summed E-state index contributed by atoms with van der Waals surface area (Å²) in [5.74, 6) is -1.59. The first-order valence-corrected chi connectivity index (χ1v) is 8.40. The van der Waals surface area contributed by atoms with Gasteiger partial charge in [0.1, 0.15) is 0 Å². The standard InChI is InChI=1S/C15H20N2O4S/c18-13-10-11(15(19)20)14(12-2-1-9-22-12)17(13)4-3-16-5-7-21-8-6-16/h1-2,9,11,14H,3-8,10H2,(H,19,20)/t11-,14+/m1/s1. The van der Waals surface area contributed by atoms with E-state index in [4.69, 9.17) is 4.74 Å². The lowest BCUT2D eigenvalue weighted by Gasteiger charge is -2.31. The van der Waals surface area contributed by atoms with E-state index in [2.05, 4.69) is 4.90 Å². The first kappa shape index (κ1) is 15.5. The predicted octanol–water partition coefficient (Wildman–Crippen LogP) is 1.05. The molecule has 2 aliphatic rings. The molecule has 0 aromatic carbocycles. The minimum Gasteiger partial charge on any atom is -0.481 e. The molecule has 0 saturated carbocycles. The van der Waals surface area contributed by atoms with Gasteiger partial charge in [0.05, 0.1) is 25.2 Å². The van der Waals surface area contributed by atoms with Crippen molar-refractivity contribution >= 4 is 23.2 Å². The Balaban J connectivity index is 1.72. The molecular weight excluding hydrogens is 304 g/mol. The van der Waals surface area contributed by atoms with E-state index in [0.717, 1.165) is 37.7 Å². The highest BCUT2D eigenvalue weighted by Gasteiger charge is 2.44. The molecule has 0 aliphatic carbocycles. The normalized spacial score (nSPS) is 26.5. The molecule has 1 N–H and O–H groups in total. The van der Waals surface area contributed by atoms with E-state index < -0.39 is 11.9 Å². The lowest BCUT2D eigenvalue weighted by molar-refractivity contribution is -0.142. The molecule has 6 nitrogen and oxygen atoms in total. The Hall–Kier alpha value is -1.44. The summed E-state index contributed by atoms with van der Waals surface area (Å²) in [6.07, 6.45) is 0.0982. The Kier molecular flexibility index (Phi) is 4.75. The summed E-state index contributed by atoms with van der Waals surface area (Å²) in [6, 6.07) is 3.50. The number of nitrogens with zero attached hydrogens (tertiary/aromatic N) is 2. The van der Waals surface area contributed by atoms with Crippen molar-refractivity contribution in [3.05, 3.63) is 22.4 Å². The van der Waals surface area contributed by atoms with E-state index in [1.807, 2.05) is 17.5 Å². The summed E-state index contributed by atoms with van der Waals surface area (Å²) in [5.41, 5.74) is 0. The van der Waals surface area contributed by atoms with Crippen LogP contribution >= 0.6 is 11.3 Å². The van der Waals surface area contributed by atoms with Gasteiger partial charge in [-0.1, -0.05) is 6.07 Å². The van der Waals surface area contributed by atoms with Crippen molar-refractivity contribution in [1.29, 1.82) is 0 Å². The second kappa shape index (κ2) is 6.76. The van der Waals surface area contributed by atoms with Crippen molar-refractivity contribution in [3.63, 3.8) is 0 Å². The summed E-state index contributed by atoms with van der Waals surface area (Å²) >= 11 is 1.52. The quantitative estimate of drug-likeness (QED) is 0.877. The van der Waals surface area contributed by atoms with Crippen molar-refractivity contribution in [2.75, 3.05) is 39.4 Å². The van der Waals surface area contributed by atoms with Crippen LogP contribution < -0.4 is 0 Å². The minimum atomic E-state index is -0.888. The number of ether oxygens (including phenoxy) is 1. The second-order valence-electron chi connectivity index (χ2n) is 5.65. The fraction of sp³-hybridized carbons (Fsp3) is 0.600. The summed E-state index contributed by atoms with van der Waals surface area (Å²) in [4.78, 5) is 28.8. The van der Waals surface area contributed by atoms with Gasteiger partial charge in [-0.3, -0.25) is 14.5 Å². The van der Waals surface area contributed by atoms with Gasteiger partial charge in [0.15, 0.2) is 0 Å². The molecule has 0 spiro atoms. The topological polar surface area (TPSA) is 70.1 Å². The number of morpholine rings is 1. The highest BCUT2D eigenvalue weighted by Crippen LogP contribution is 2.40.